The molecule has 0 bridgehead atoms. The van der Waals surface area contributed by atoms with Gasteiger partial charge in [-0.3, -0.25) is 0 Å². The fourth-order valence-electron chi connectivity index (χ4n) is 0.657. The van der Waals surface area contributed by atoms with Gasteiger partial charge in [-0.15, -0.1) is 0 Å². The van der Waals surface area contributed by atoms with Crippen molar-refractivity contribution < 1.29 is 0 Å². The van der Waals surface area contributed by atoms with Gasteiger partial charge in [0.25, 0.3) is 0 Å². The smallest absolute Gasteiger partial charge is 0.0803 e. The van der Waals surface area contributed by atoms with Gasteiger partial charge in [0.15, 0.2) is 2.14 Å². The van der Waals surface area contributed by atoms with Crippen molar-refractivity contribution in [2.45, 2.75) is 8.56 Å². The minimum Gasteiger partial charge on any atom is -0.0803 e. The van der Waals surface area contributed by atoms with Crippen LogP contribution in [0.15, 0.2) is 23.8 Å². The van der Waals surface area contributed by atoms with Gasteiger partial charge < -0.3 is 0 Å². The van der Waals surface area contributed by atoms with Gasteiger partial charge in [-0.05, 0) is 12.0 Å². The number of hydrogen-bond acceptors (Lipinski definition) is 0. The first kappa shape index (κ1) is 8.02. The zero-order chi connectivity index (χ0) is 6.91. The van der Waals surface area contributed by atoms with Crippen LogP contribution < -0.4 is 0 Å². The Morgan fingerprint density at radius 3 is 2.22 bits per heavy atom. The van der Waals surface area contributed by atoms with Gasteiger partial charge in [0.05, 0.1) is 0 Å². The van der Waals surface area contributed by atoms with Crippen LogP contribution in [0.1, 0.15) is 6.42 Å². The van der Waals surface area contributed by atoms with Crippen molar-refractivity contribution >= 4 is 47.8 Å². The van der Waals surface area contributed by atoms with Crippen molar-refractivity contribution in [1.82, 2.24) is 0 Å². The second kappa shape index (κ2) is 2.89. The van der Waals surface area contributed by atoms with Crippen LogP contribution in [-0.4, -0.2) is 2.14 Å². The Kier molecular flexibility index (Phi) is 2.57. The molecule has 0 unspecified atom stereocenters. The van der Waals surface area contributed by atoms with E-state index in [-0.39, 0.29) is 2.14 Å². The zero-order valence-electron chi connectivity index (χ0n) is 4.57. The molecule has 3 heteroatoms. The van der Waals surface area contributed by atoms with E-state index >= 15 is 0 Å². The molecule has 0 nitrogen and oxygen atoms in total. The summed E-state index contributed by atoms with van der Waals surface area (Å²) in [4.78, 5) is 0. The van der Waals surface area contributed by atoms with Crippen LogP contribution in [0.5, 0.6) is 0 Å². The molecule has 50 valence electrons. The summed E-state index contributed by atoms with van der Waals surface area (Å²) < 4.78 is -0.184. The third-order valence-electron chi connectivity index (χ3n) is 1.14. The molecule has 0 radical (unpaired) electrons. The maximum Gasteiger partial charge on any atom is 0.156 e. The molecule has 0 saturated heterocycles. The van der Waals surface area contributed by atoms with Crippen molar-refractivity contribution in [3.63, 3.8) is 0 Å². The minimum atomic E-state index is -0.184. The van der Waals surface area contributed by atoms with E-state index in [0.717, 1.165) is 6.42 Å². The first-order valence-corrected chi connectivity index (χ1v) is 4.91. The highest BCUT2D eigenvalue weighted by Gasteiger charge is 2.23. The molecular formula is C6H5Br3. The van der Waals surface area contributed by atoms with E-state index in [0.29, 0.717) is 0 Å². The molecule has 0 atom stereocenters. The van der Waals surface area contributed by atoms with E-state index in [1.807, 2.05) is 6.08 Å². The molecule has 1 rings (SSSR count). The van der Waals surface area contributed by atoms with Crippen molar-refractivity contribution in [3.05, 3.63) is 23.8 Å². The van der Waals surface area contributed by atoms with Crippen LogP contribution in [0.2, 0.25) is 0 Å². The Morgan fingerprint density at radius 1 is 1.33 bits per heavy atom. The van der Waals surface area contributed by atoms with Gasteiger partial charge >= 0.3 is 0 Å². The van der Waals surface area contributed by atoms with E-state index in [2.05, 4.69) is 59.9 Å². The van der Waals surface area contributed by atoms with Crippen molar-refractivity contribution in [3.8, 4) is 0 Å². The van der Waals surface area contributed by atoms with Gasteiger partial charge in [0, 0.05) is 0 Å². The molecule has 0 amide bonds. The molecule has 0 N–H and O–H groups in total. The molecule has 0 aromatic rings. The molecule has 0 aromatic carbocycles. The molecule has 0 aliphatic heterocycles. The van der Waals surface area contributed by atoms with Crippen LogP contribution in [0.3, 0.4) is 0 Å². The summed E-state index contributed by atoms with van der Waals surface area (Å²) in [6.07, 6.45) is 7.27. The van der Waals surface area contributed by atoms with Gasteiger partial charge in [-0.25, -0.2) is 0 Å². The van der Waals surface area contributed by atoms with E-state index in [9.17, 15) is 0 Å². The first-order chi connectivity index (χ1) is 4.11. The topological polar surface area (TPSA) is 0 Å². The lowest BCUT2D eigenvalue weighted by atomic mass is 10.3. The maximum absolute atomic E-state index is 3.43. The molecule has 0 saturated carbocycles. The summed E-state index contributed by atoms with van der Waals surface area (Å²) in [5, 5.41) is 0. The third kappa shape index (κ3) is 2.20. The molecular weight excluding hydrogens is 312 g/mol. The maximum atomic E-state index is 3.43. The second-order valence-corrected chi connectivity index (χ2v) is 8.58. The lowest BCUT2D eigenvalue weighted by molar-refractivity contribution is 1.22. The van der Waals surface area contributed by atoms with Crippen LogP contribution in [0.4, 0.5) is 0 Å². The zero-order valence-corrected chi connectivity index (χ0v) is 9.33. The minimum absolute atomic E-state index is 0.184. The molecule has 0 heterocycles. The molecule has 0 spiro atoms. The number of allylic oxidation sites excluding steroid dienone is 4. The average molecular weight is 317 g/mol. The molecule has 1 aliphatic rings. The normalized spacial score (nSPS) is 18.3. The Morgan fingerprint density at radius 2 is 2.00 bits per heavy atom. The fraction of sp³-hybridized carbons (Fsp3) is 0.333. The van der Waals surface area contributed by atoms with Gasteiger partial charge in [0.2, 0.25) is 0 Å². The quantitative estimate of drug-likeness (QED) is 0.598. The van der Waals surface area contributed by atoms with Crippen molar-refractivity contribution in [1.29, 1.82) is 0 Å². The van der Waals surface area contributed by atoms with E-state index < -0.39 is 0 Å². The van der Waals surface area contributed by atoms with Gasteiger partial charge in [-0.2, -0.15) is 0 Å². The summed E-state index contributed by atoms with van der Waals surface area (Å²) >= 11 is 10.3. The van der Waals surface area contributed by atoms with Crippen LogP contribution >= 0.6 is 47.8 Å². The number of alkyl halides is 3. The Bertz CT molecular complexity index is 162. The lowest BCUT2D eigenvalue weighted by Crippen LogP contribution is -2.01. The standard InChI is InChI=1S/C6H5Br3/c7-6(8,9)5-3-1-2-4-5/h1-3H,4H2. The van der Waals surface area contributed by atoms with Crippen molar-refractivity contribution in [2.24, 2.45) is 0 Å². The van der Waals surface area contributed by atoms with Gasteiger partial charge in [-0.1, -0.05) is 66.0 Å². The Balaban J connectivity index is 2.66. The summed E-state index contributed by atoms with van der Waals surface area (Å²) in [6, 6.07) is 0. The number of hydrogen-bond donors (Lipinski definition) is 0. The highest BCUT2D eigenvalue weighted by Crippen LogP contribution is 2.43. The highest BCUT2D eigenvalue weighted by molar-refractivity contribution is 9.39. The summed E-state index contributed by atoms with van der Waals surface area (Å²) in [5.74, 6) is 0. The van der Waals surface area contributed by atoms with Crippen LogP contribution in [0.25, 0.3) is 0 Å². The van der Waals surface area contributed by atoms with Crippen LogP contribution in [0, 0.1) is 0 Å². The van der Waals surface area contributed by atoms with E-state index in [4.69, 9.17) is 0 Å². The van der Waals surface area contributed by atoms with Gasteiger partial charge in [0.1, 0.15) is 0 Å². The third-order valence-corrected chi connectivity index (χ3v) is 2.66. The predicted octanol–water partition coefficient (Wildman–Crippen LogP) is 3.71. The second-order valence-electron chi connectivity index (χ2n) is 1.82. The molecule has 9 heavy (non-hydrogen) atoms. The summed E-state index contributed by atoms with van der Waals surface area (Å²) in [5.41, 5.74) is 1.29. The predicted molar refractivity (Wildman–Crippen MR) is 51.4 cm³/mol. The Labute approximate surface area is 79.8 Å². The number of rotatable bonds is 0. The average Bonchev–Trinajstić information content (AvgIpc) is 2.08. The van der Waals surface area contributed by atoms with Crippen LogP contribution in [-0.2, 0) is 0 Å². The van der Waals surface area contributed by atoms with Crippen molar-refractivity contribution in [2.75, 3.05) is 0 Å². The summed E-state index contributed by atoms with van der Waals surface area (Å²) in [6.45, 7) is 0. The number of halogens is 3. The highest BCUT2D eigenvalue weighted by atomic mass is 80.0. The molecule has 0 fully saturated rings. The first-order valence-electron chi connectivity index (χ1n) is 2.53. The van der Waals surface area contributed by atoms with E-state index in [1.54, 1.807) is 0 Å². The molecule has 1 aliphatic carbocycles. The summed E-state index contributed by atoms with van der Waals surface area (Å²) in [7, 11) is 0. The lowest BCUT2D eigenvalue weighted by Gasteiger charge is -2.12. The SMILES string of the molecule is BrC(Br)(Br)C1=CC=CC1. The van der Waals surface area contributed by atoms with E-state index in [1.165, 1.54) is 5.57 Å². The largest absolute Gasteiger partial charge is 0.156 e. The molecule has 0 aromatic heterocycles. The Hall–Kier alpha value is 0.920. The monoisotopic (exact) mass is 314 g/mol. The fourth-order valence-corrected chi connectivity index (χ4v) is 1.54.